The second-order valence-corrected chi connectivity index (χ2v) is 9.85. The molecule has 0 nitrogen and oxygen atoms in total. The van der Waals surface area contributed by atoms with Gasteiger partial charge in [-0.1, -0.05) is 62.2 Å². The molecule has 1 fully saturated rings. The van der Waals surface area contributed by atoms with Gasteiger partial charge in [0.2, 0.25) is 0 Å². The molecule has 180 valence electrons. The number of rotatable bonds is 9. The third kappa shape index (κ3) is 5.24. The minimum atomic E-state index is -1.09. The van der Waals surface area contributed by atoms with E-state index in [0.717, 1.165) is 31.6 Å². The van der Waals surface area contributed by atoms with Crippen molar-refractivity contribution in [3.8, 4) is 11.1 Å². The van der Waals surface area contributed by atoms with Crippen molar-refractivity contribution in [3.63, 3.8) is 0 Å². The highest BCUT2D eigenvalue weighted by Crippen LogP contribution is 2.39. The van der Waals surface area contributed by atoms with E-state index in [1.54, 1.807) is 18.2 Å². The van der Waals surface area contributed by atoms with Crippen molar-refractivity contribution < 1.29 is 13.2 Å². The molecule has 3 heteroatoms. The van der Waals surface area contributed by atoms with E-state index in [0.29, 0.717) is 28.9 Å². The van der Waals surface area contributed by atoms with Gasteiger partial charge < -0.3 is 0 Å². The Bertz CT molecular complexity index is 1120. The Morgan fingerprint density at radius 3 is 2.29 bits per heavy atom. The molecule has 34 heavy (non-hydrogen) atoms. The second kappa shape index (κ2) is 11.3. The Morgan fingerprint density at radius 1 is 0.882 bits per heavy atom. The van der Waals surface area contributed by atoms with Crippen LogP contribution in [0, 0.1) is 23.4 Å². The molecule has 0 aromatic heterocycles. The van der Waals surface area contributed by atoms with Crippen LogP contribution in [0.3, 0.4) is 0 Å². The number of fused-ring (bicyclic) bond motifs is 1. The minimum absolute atomic E-state index is 0.183. The van der Waals surface area contributed by atoms with Crippen LogP contribution in [0.2, 0.25) is 0 Å². The van der Waals surface area contributed by atoms with Gasteiger partial charge in [-0.15, -0.1) is 6.58 Å². The molecule has 0 amide bonds. The van der Waals surface area contributed by atoms with Crippen molar-refractivity contribution in [1.29, 1.82) is 0 Å². The van der Waals surface area contributed by atoms with Crippen molar-refractivity contribution in [2.45, 2.75) is 77.0 Å². The lowest BCUT2D eigenvalue weighted by atomic mass is 9.77. The van der Waals surface area contributed by atoms with Crippen molar-refractivity contribution in [2.24, 2.45) is 5.92 Å². The van der Waals surface area contributed by atoms with Crippen LogP contribution >= 0.6 is 0 Å². The summed E-state index contributed by atoms with van der Waals surface area (Å²) in [5.74, 6) is -1.39. The van der Waals surface area contributed by atoms with E-state index in [1.807, 2.05) is 30.3 Å². The Morgan fingerprint density at radius 2 is 1.62 bits per heavy atom. The van der Waals surface area contributed by atoms with E-state index in [1.165, 1.54) is 37.7 Å². The van der Waals surface area contributed by atoms with Crippen LogP contribution in [-0.4, -0.2) is 0 Å². The molecule has 0 radical (unpaired) electrons. The summed E-state index contributed by atoms with van der Waals surface area (Å²) < 4.78 is 45.1. The van der Waals surface area contributed by atoms with Gasteiger partial charge >= 0.3 is 0 Å². The molecular formula is C31H35F3. The van der Waals surface area contributed by atoms with Crippen LogP contribution in [0.5, 0.6) is 0 Å². The number of unbranched alkanes of at least 4 members (excludes halogenated alkanes) is 2. The smallest absolute Gasteiger partial charge is 0.170 e. The molecule has 0 saturated heterocycles. The summed E-state index contributed by atoms with van der Waals surface area (Å²) in [5, 5.41) is 0.160. The quantitative estimate of drug-likeness (QED) is 0.218. The summed E-state index contributed by atoms with van der Waals surface area (Å²) in [7, 11) is 0. The largest absolute Gasteiger partial charge is 0.206 e. The summed E-state index contributed by atoms with van der Waals surface area (Å²) in [6.45, 7) is 5.90. The molecular weight excluding hydrogens is 429 g/mol. The minimum Gasteiger partial charge on any atom is -0.206 e. The van der Waals surface area contributed by atoms with Crippen molar-refractivity contribution in [3.05, 3.63) is 83.7 Å². The molecule has 3 aromatic carbocycles. The highest BCUT2D eigenvalue weighted by molar-refractivity contribution is 5.89. The van der Waals surface area contributed by atoms with Crippen LogP contribution in [0.25, 0.3) is 21.9 Å². The Hall–Kier alpha value is -2.55. The van der Waals surface area contributed by atoms with Crippen LogP contribution in [-0.2, 0) is 6.42 Å². The Labute approximate surface area is 201 Å². The molecule has 0 unspecified atom stereocenters. The lowest BCUT2D eigenvalue weighted by Gasteiger charge is -2.28. The van der Waals surface area contributed by atoms with E-state index < -0.39 is 17.5 Å². The van der Waals surface area contributed by atoms with E-state index in [2.05, 4.69) is 13.5 Å². The highest BCUT2D eigenvalue weighted by Gasteiger charge is 2.23. The normalized spacial score (nSPS) is 18.4. The lowest BCUT2D eigenvalue weighted by molar-refractivity contribution is 0.312. The SMILES string of the molecule is C=CCCC1CCC(c2ccc(-c3cc4ccc(CCCCC)c(F)c4c(F)c3F)cc2)CC1. The Kier molecular flexibility index (Phi) is 8.13. The average Bonchev–Trinajstić information content (AvgIpc) is 2.86. The molecule has 0 bridgehead atoms. The molecule has 0 atom stereocenters. The van der Waals surface area contributed by atoms with Crippen LogP contribution < -0.4 is 0 Å². The van der Waals surface area contributed by atoms with Crippen molar-refractivity contribution in [2.75, 3.05) is 0 Å². The predicted molar refractivity (Wildman–Crippen MR) is 137 cm³/mol. The fraction of sp³-hybridized carbons (Fsp3) is 0.419. The molecule has 0 spiro atoms. The molecule has 0 aliphatic heterocycles. The van der Waals surface area contributed by atoms with Gasteiger partial charge in [-0.2, -0.15) is 0 Å². The summed E-state index contributed by atoms with van der Waals surface area (Å²) in [5.41, 5.74) is 2.52. The van der Waals surface area contributed by atoms with E-state index in [-0.39, 0.29) is 10.9 Å². The zero-order valence-electron chi connectivity index (χ0n) is 20.2. The van der Waals surface area contributed by atoms with Gasteiger partial charge in [0.15, 0.2) is 11.6 Å². The third-order valence-electron chi connectivity index (χ3n) is 7.57. The Balaban J connectivity index is 1.55. The monoisotopic (exact) mass is 464 g/mol. The summed E-state index contributed by atoms with van der Waals surface area (Å²) in [6, 6.07) is 12.8. The first kappa shape index (κ1) is 24.6. The van der Waals surface area contributed by atoms with E-state index >= 15 is 13.2 Å². The third-order valence-corrected chi connectivity index (χ3v) is 7.57. The van der Waals surface area contributed by atoms with Crippen molar-refractivity contribution >= 4 is 10.8 Å². The van der Waals surface area contributed by atoms with Crippen LogP contribution in [0.1, 0.15) is 81.8 Å². The van der Waals surface area contributed by atoms with Gasteiger partial charge in [0.05, 0.1) is 5.39 Å². The zero-order valence-corrected chi connectivity index (χ0v) is 20.2. The van der Waals surface area contributed by atoms with Gasteiger partial charge in [0.25, 0.3) is 0 Å². The number of benzene rings is 3. The fourth-order valence-corrected chi connectivity index (χ4v) is 5.47. The molecule has 3 aromatic rings. The standard InChI is InChI=1S/C31H35F3/c1-3-5-7-9-25-18-19-26-20-27(30(33)31(34)28(26)29(25)32)24-16-14-23(15-17-24)22-12-10-21(11-13-22)8-6-4-2/h4,14-22H,2-3,5-13H2,1H3. The van der Waals surface area contributed by atoms with E-state index in [9.17, 15) is 0 Å². The van der Waals surface area contributed by atoms with Crippen LogP contribution in [0.15, 0.2) is 55.1 Å². The molecule has 4 rings (SSSR count). The topological polar surface area (TPSA) is 0 Å². The molecule has 0 N–H and O–H groups in total. The fourth-order valence-electron chi connectivity index (χ4n) is 5.47. The predicted octanol–water partition coefficient (Wildman–Crippen LogP) is 9.90. The van der Waals surface area contributed by atoms with Crippen molar-refractivity contribution in [1.82, 2.24) is 0 Å². The van der Waals surface area contributed by atoms with Gasteiger partial charge in [-0.05, 0) is 91.3 Å². The highest BCUT2D eigenvalue weighted by atomic mass is 19.2. The number of allylic oxidation sites excluding steroid dienone is 1. The maximum atomic E-state index is 15.1. The van der Waals surface area contributed by atoms with Gasteiger partial charge in [0.1, 0.15) is 5.82 Å². The summed E-state index contributed by atoms with van der Waals surface area (Å²) in [6.07, 6.45) is 12.5. The first-order valence-electron chi connectivity index (χ1n) is 12.8. The maximum Gasteiger partial charge on any atom is 0.170 e. The zero-order chi connectivity index (χ0) is 24.1. The first-order valence-corrected chi connectivity index (χ1v) is 12.8. The van der Waals surface area contributed by atoms with E-state index in [4.69, 9.17) is 0 Å². The molecule has 1 aliphatic rings. The molecule has 1 saturated carbocycles. The van der Waals surface area contributed by atoms with Gasteiger partial charge in [-0.3, -0.25) is 0 Å². The lowest BCUT2D eigenvalue weighted by Crippen LogP contribution is -2.13. The summed E-state index contributed by atoms with van der Waals surface area (Å²) >= 11 is 0. The molecule has 0 heterocycles. The molecule has 1 aliphatic carbocycles. The maximum absolute atomic E-state index is 15.1. The number of hydrogen-bond donors (Lipinski definition) is 0. The number of halogens is 3. The average molecular weight is 465 g/mol. The summed E-state index contributed by atoms with van der Waals surface area (Å²) in [4.78, 5) is 0. The number of aryl methyl sites for hydroxylation is 1. The number of hydrogen-bond acceptors (Lipinski definition) is 0. The van der Waals surface area contributed by atoms with Gasteiger partial charge in [0, 0.05) is 5.56 Å². The second-order valence-electron chi connectivity index (χ2n) is 9.85. The first-order chi connectivity index (χ1) is 16.5. The van der Waals surface area contributed by atoms with Crippen LogP contribution in [0.4, 0.5) is 13.2 Å². The van der Waals surface area contributed by atoms with Gasteiger partial charge in [-0.25, -0.2) is 13.2 Å².